The summed E-state index contributed by atoms with van der Waals surface area (Å²) in [6.07, 6.45) is 2.63. The molecule has 1 aliphatic heterocycles. The van der Waals surface area contributed by atoms with Crippen LogP contribution in [0.3, 0.4) is 0 Å². The van der Waals surface area contributed by atoms with Crippen LogP contribution < -0.4 is 0 Å². The molecule has 3 nitrogen and oxygen atoms in total. The van der Waals surface area contributed by atoms with Gasteiger partial charge in [0.1, 0.15) is 5.60 Å². The number of ether oxygens (including phenoxy) is 1. The second kappa shape index (κ2) is 4.20. The van der Waals surface area contributed by atoms with Gasteiger partial charge in [-0.3, -0.25) is 4.79 Å². The van der Waals surface area contributed by atoms with Crippen LogP contribution in [0.5, 0.6) is 0 Å². The number of rotatable bonds is 3. The molecule has 1 aliphatic rings. The highest BCUT2D eigenvalue weighted by Crippen LogP contribution is 2.27. The Hall–Kier alpha value is -0.410. The van der Waals surface area contributed by atoms with Crippen molar-refractivity contribution >= 4 is 5.78 Å². The van der Waals surface area contributed by atoms with Gasteiger partial charge in [-0.15, -0.1) is 0 Å². The molecule has 1 fully saturated rings. The van der Waals surface area contributed by atoms with Gasteiger partial charge in [0, 0.05) is 12.5 Å². The fourth-order valence-electron chi connectivity index (χ4n) is 1.78. The summed E-state index contributed by atoms with van der Waals surface area (Å²) in [7, 11) is 0. The van der Waals surface area contributed by atoms with Crippen molar-refractivity contribution < 1.29 is 14.6 Å². The van der Waals surface area contributed by atoms with Crippen LogP contribution in [-0.4, -0.2) is 29.7 Å². The van der Waals surface area contributed by atoms with Crippen molar-refractivity contribution in [2.24, 2.45) is 5.92 Å². The molecule has 13 heavy (non-hydrogen) atoms. The summed E-state index contributed by atoms with van der Waals surface area (Å²) in [5.74, 6) is -0.0278. The van der Waals surface area contributed by atoms with E-state index in [4.69, 9.17) is 4.74 Å². The van der Waals surface area contributed by atoms with E-state index < -0.39 is 5.60 Å². The second-order valence-corrected chi connectivity index (χ2v) is 3.98. The lowest BCUT2D eigenvalue weighted by Crippen LogP contribution is -2.49. The van der Waals surface area contributed by atoms with Crippen LogP contribution in [0.25, 0.3) is 0 Å². The van der Waals surface area contributed by atoms with Gasteiger partial charge >= 0.3 is 0 Å². The zero-order valence-electron chi connectivity index (χ0n) is 8.38. The van der Waals surface area contributed by atoms with E-state index in [2.05, 4.69) is 0 Å². The van der Waals surface area contributed by atoms with E-state index in [0.29, 0.717) is 13.0 Å². The molecular formula is C10H18O3. The molecule has 1 heterocycles. The minimum atomic E-state index is -0.883. The topological polar surface area (TPSA) is 46.5 Å². The zero-order valence-corrected chi connectivity index (χ0v) is 8.38. The third kappa shape index (κ3) is 2.09. The van der Waals surface area contributed by atoms with E-state index in [-0.39, 0.29) is 18.3 Å². The Bertz CT molecular complexity index is 181. The standard InChI is InChI=1S/C10H18O3/c1-8(2)9(12)10(7-11)5-3-4-6-13-10/h8,11H,3-7H2,1-2H3. The van der Waals surface area contributed by atoms with Gasteiger partial charge in [0.25, 0.3) is 0 Å². The fourth-order valence-corrected chi connectivity index (χ4v) is 1.78. The largest absolute Gasteiger partial charge is 0.393 e. The summed E-state index contributed by atoms with van der Waals surface area (Å²) in [5.41, 5.74) is -0.883. The summed E-state index contributed by atoms with van der Waals surface area (Å²) >= 11 is 0. The first-order valence-electron chi connectivity index (χ1n) is 4.91. The number of Topliss-reactive ketones (excluding diaryl/α,β-unsaturated/α-hetero) is 1. The van der Waals surface area contributed by atoms with E-state index in [1.807, 2.05) is 13.8 Å². The monoisotopic (exact) mass is 186 g/mol. The van der Waals surface area contributed by atoms with Crippen LogP contribution >= 0.6 is 0 Å². The number of hydrogen-bond acceptors (Lipinski definition) is 3. The lowest BCUT2D eigenvalue weighted by molar-refractivity contribution is -0.161. The Balaban J connectivity index is 2.72. The maximum atomic E-state index is 11.8. The minimum absolute atomic E-state index is 0.0368. The van der Waals surface area contributed by atoms with Crippen LogP contribution in [0.15, 0.2) is 0 Å². The van der Waals surface area contributed by atoms with Crippen LogP contribution in [0.1, 0.15) is 33.1 Å². The highest BCUT2D eigenvalue weighted by atomic mass is 16.5. The normalized spacial score (nSPS) is 29.2. The lowest BCUT2D eigenvalue weighted by Gasteiger charge is -2.35. The highest BCUT2D eigenvalue weighted by molar-refractivity contribution is 5.89. The van der Waals surface area contributed by atoms with Gasteiger partial charge in [-0.2, -0.15) is 0 Å². The third-order valence-electron chi connectivity index (χ3n) is 2.58. The van der Waals surface area contributed by atoms with E-state index in [1.165, 1.54) is 0 Å². The first-order chi connectivity index (χ1) is 6.12. The molecule has 0 bridgehead atoms. The van der Waals surface area contributed by atoms with Gasteiger partial charge in [-0.1, -0.05) is 13.8 Å². The van der Waals surface area contributed by atoms with Crippen molar-refractivity contribution in [3.8, 4) is 0 Å². The molecule has 0 aliphatic carbocycles. The molecule has 1 atom stereocenters. The Morgan fingerprint density at radius 1 is 1.54 bits per heavy atom. The summed E-state index contributed by atoms with van der Waals surface area (Å²) in [5, 5.41) is 9.22. The van der Waals surface area contributed by atoms with Crippen LogP contribution in [0.4, 0.5) is 0 Å². The second-order valence-electron chi connectivity index (χ2n) is 3.98. The van der Waals surface area contributed by atoms with E-state index in [9.17, 15) is 9.90 Å². The van der Waals surface area contributed by atoms with E-state index in [0.717, 1.165) is 12.8 Å². The Morgan fingerprint density at radius 3 is 2.62 bits per heavy atom. The number of aliphatic hydroxyl groups is 1. The minimum Gasteiger partial charge on any atom is -0.393 e. The molecule has 1 rings (SSSR count). The molecule has 0 spiro atoms. The summed E-state index contributed by atoms with van der Waals surface area (Å²) < 4.78 is 5.44. The quantitative estimate of drug-likeness (QED) is 0.719. The molecule has 0 radical (unpaired) electrons. The Labute approximate surface area is 79.1 Å². The summed E-state index contributed by atoms with van der Waals surface area (Å²) in [6.45, 7) is 4.11. The molecule has 76 valence electrons. The first kappa shape index (κ1) is 10.7. The zero-order chi connectivity index (χ0) is 9.90. The summed E-state index contributed by atoms with van der Waals surface area (Å²) in [6, 6.07) is 0. The average Bonchev–Trinajstić information content (AvgIpc) is 2.17. The number of carbonyl (C=O) groups excluding carboxylic acids is 1. The molecular weight excluding hydrogens is 168 g/mol. The van der Waals surface area contributed by atoms with Crippen molar-refractivity contribution in [2.45, 2.75) is 38.7 Å². The predicted molar refractivity (Wildman–Crippen MR) is 49.5 cm³/mol. The van der Waals surface area contributed by atoms with Gasteiger partial charge in [0.15, 0.2) is 5.78 Å². The van der Waals surface area contributed by atoms with Gasteiger partial charge < -0.3 is 9.84 Å². The Kier molecular flexibility index (Phi) is 3.45. The van der Waals surface area contributed by atoms with Crippen molar-refractivity contribution in [1.82, 2.24) is 0 Å². The van der Waals surface area contributed by atoms with Gasteiger partial charge in [-0.05, 0) is 19.3 Å². The molecule has 0 aromatic rings. The first-order valence-corrected chi connectivity index (χ1v) is 4.91. The molecule has 0 aromatic carbocycles. The van der Waals surface area contributed by atoms with Crippen molar-refractivity contribution in [1.29, 1.82) is 0 Å². The molecule has 0 saturated carbocycles. The lowest BCUT2D eigenvalue weighted by atomic mass is 9.85. The average molecular weight is 186 g/mol. The SMILES string of the molecule is CC(C)C(=O)C1(CO)CCCCO1. The number of ketones is 1. The molecule has 1 saturated heterocycles. The van der Waals surface area contributed by atoms with Gasteiger partial charge in [0.2, 0.25) is 0 Å². The van der Waals surface area contributed by atoms with E-state index in [1.54, 1.807) is 0 Å². The smallest absolute Gasteiger partial charge is 0.169 e. The van der Waals surface area contributed by atoms with E-state index >= 15 is 0 Å². The third-order valence-corrected chi connectivity index (χ3v) is 2.58. The van der Waals surface area contributed by atoms with Crippen molar-refractivity contribution in [3.63, 3.8) is 0 Å². The van der Waals surface area contributed by atoms with Crippen LogP contribution in [0.2, 0.25) is 0 Å². The number of hydrogen-bond donors (Lipinski definition) is 1. The molecule has 3 heteroatoms. The fraction of sp³-hybridized carbons (Fsp3) is 0.900. The molecule has 1 N–H and O–H groups in total. The van der Waals surface area contributed by atoms with Crippen molar-refractivity contribution in [2.75, 3.05) is 13.2 Å². The van der Waals surface area contributed by atoms with Gasteiger partial charge in [-0.25, -0.2) is 0 Å². The Morgan fingerprint density at radius 2 is 2.23 bits per heavy atom. The maximum Gasteiger partial charge on any atom is 0.169 e. The number of aliphatic hydroxyl groups excluding tert-OH is 1. The maximum absolute atomic E-state index is 11.8. The van der Waals surface area contributed by atoms with Crippen LogP contribution in [-0.2, 0) is 9.53 Å². The van der Waals surface area contributed by atoms with Crippen molar-refractivity contribution in [3.05, 3.63) is 0 Å². The molecule has 1 unspecified atom stereocenters. The summed E-state index contributed by atoms with van der Waals surface area (Å²) in [4.78, 5) is 11.8. The van der Waals surface area contributed by atoms with Crippen LogP contribution in [0, 0.1) is 5.92 Å². The predicted octanol–water partition coefficient (Wildman–Crippen LogP) is 1.14. The van der Waals surface area contributed by atoms with Gasteiger partial charge in [0.05, 0.1) is 6.61 Å². The highest BCUT2D eigenvalue weighted by Gasteiger charge is 2.41. The molecule has 0 amide bonds. The number of carbonyl (C=O) groups is 1. The molecule has 0 aromatic heterocycles.